The maximum atomic E-state index is 12.4. The Hall–Kier alpha value is -2.78. The van der Waals surface area contributed by atoms with Gasteiger partial charge in [0.05, 0.1) is 11.6 Å². The van der Waals surface area contributed by atoms with Gasteiger partial charge in [0.2, 0.25) is 12.5 Å². The molecule has 1 aromatic rings. The molecule has 0 radical (unpaired) electrons. The van der Waals surface area contributed by atoms with Crippen molar-refractivity contribution < 1.29 is 39.1 Å². The standard InChI is InChI=1S/C16H15NO8/c1-5(18)25-8-3-7-6-2-9-15(24-4-23-9)13(20)10(6)16(22)17-11(7)14(21)12(8)19/h2-3,8,11-12,14,19-21H,4H2,1H3,(H,17,22)/t8-,11+,12+,14-/m0/s1. The first kappa shape index (κ1) is 15.7. The van der Waals surface area contributed by atoms with E-state index in [1.807, 2.05) is 0 Å². The van der Waals surface area contributed by atoms with Crippen LogP contribution in [0.1, 0.15) is 22.8 Å². The number of aromatic hydroxyl groups is 1. The number of carbonyl (C=O) groups is 2. The van der Waals surface area contributed by atoms with Crippen LogP contribution in [0.2, 0.25) is 0 Å². The van der Waals surface area contributed by atoms with Gasteiger partial charge in [0, 0.05) is 12.5 Å². The predicted octanol–water partition coefficient (Wildman–Crippen LogP) is -0.717. The van der Waals surface area contributed by atoms with Crippen molar-refractivity contribution >= 4 is 17.4 Å². The number of phenolic OH excluding ortho intramolecular Hbond substituents is 1. The van der Waals surface area contributed by atoms with E-state index < -0.39 is 36.2 Å². The van der Waals surface area contributed by atoms with Crippen molar-refractivity contribution in [3.8, 4) is 17.2 Å². The molecule has 1 aliphatic carbocycles. The van der Waals surface area contributed by atoms with Crippen LogP contribution in [0.4, 0.5) is 0 Å². The highest BCUT2D eigenvalue weighted by atomic mass is 16.7. The minimum absolute atomic E-state index is 0.0306. The molecule has 1 aromatic carbocycles. The Morgan fingerprint density at radius 3 is 2.80 bits per heavy atom. The lowest BCUT2D eigenvalue weighted by Crippen LogP contribution is -2.57. The van der Waals surface area contributed by atoms with Crippen molar-refractivity contribution in [1.29, 1.82) is 0 Å². The number of hydrogen-bond acceptors (Lipinski definition) is 8. The molecule has 25 heavy (non-hydrogen) atoms. The van der Waals surface area contributed by atoms with Gasteiger partial charge in [-0.2, -0.15) is 0 Å². The van der Waals surface area contributed by atoms with Crippen molar-refractivity contribution in [2.24, 2.45) is 0 Å². The average Bonchev–Trinajstić information content (AvgIpc) is 3.02. The van der Waals surface area contributed by atoms with E-state index in [0.29, 0.717) is 11.1 Å². The number of hydrogen-bond donors (Lipinski definition) is 4. The summed E-state index contributed by atoms with van der Waals surface area (Å²) in [5.74, 6) is -1.28. The molecule has 9 heteroatoms. The first-order chi connectivity index (χ1) is 11.9. The molecule has 0 aromatic heterocycles. The number of nitrogens with one attached hydrogen (secondary N) is 1. The fourth-order valence-corrected chi connectivity index (χ4v) is 3.37. The number of aliphatic hydroxyl groups excluding tert-OH is 2. The lowest BCUT2D eigenvalue weighted by atomic mass is 9.79. The summed E-state index contributed by atoms with van der Waals surface area (Å²) in [6.45, 7) is 1.09. The zero-order chi connectivity index (χ0) is 17.9. The van der Waals surface area contributed by atoms with E-state index in [1.54, 1.807) is 0 Å². The second-order valence-electron chi connectivity index (χ2n) is 6.01. The molecule has 0 bridgehead atoms. The van der Waals surface area contributed by atoms with Crippen LogP contribution in [0.25, 0.3) is 5.57 Å². The van der Waals surface area contributed by atoms with Crippen LogP contribution < -0.4 is 14.8 Å². The van der Waals surface area contributed by atoms with Crippen molar-refractivity contribution in [1.82, 2.24) is 5.32 Å². The van der Waals surface area contributed by atoms with Gasteiger partial charge in [-0.15, -0.1) is 0 Å². The molecule has 9 nitrogen and oxygen atoms in total. The maximum absolute atomic E-state index is 12.4. The topological polar surface area (TPSA) is 135 Å². The number of rotatable bonds is 1. The van der Waals surface area contributed by atoms with Crippen LogP contribution in [-0.2, 0) is 9.53 Å². The van der Waals surface area contributed by atoms with Gasteiger partial charge in [-0.25, -0.2) is 0 Å². The van der Waals surface area contributed by atoms with E-state index in [1.165, 1.54) is 19.1 Å². The summed E-state index contributed by atoms with van der Waals surface area (Å²) in [4.78, 5) is 23.6. The van der Waals surface area contributed by atoms with Crippen molar-refractivity contribution in [3.63, 3.8) is 0 Å². The molecule has 1 amide bonds. The van der Waals surface area contributed by atoms with Gasteiger partial charge in [-0.3, -0.25) is 9.59 Å². The van der Waals surface area contributed by atoms with E-state index in [4.69, 9.17) is 14.2 Å². The van der Waals surface area contributed by atoms with E-state index >= 15 is 0 Å². The monoisotopic (exact) mass is 349 g/mol. The molecule has 4 rings (SSSR count). The van der Waals surface area contributed by atoms with Crippen LogP contribution in [0.15, 0.2) is 12.1 Å². The summed E-state index contributed by atoms with van der Waals surface area (Å²) in [5.41, 5.74) is 0.697. The Morgan fingerprint density at radius 1 is 1.32 bits per heavy atom. The zero-order valence-corrected chi connectivity index (χ0v) is 13.1. The smallest absolute Gasteiger partial charge is 0.303 e. The fraction of sp³-hybridized carbons (Fsp3) is 0.375. The van der Waals surface area contributed by atoms with Gasteiger partial charge in [-0.05, 0) is 17.7 Å². The quantitative estimate of drug-likeness (QED) is 0.488. The van der Waals surface area contributed by atoms with Gasteiger partial charge >= 0.3 is 5.97 Å². The summed E-state index contributed by atoms with van der Waals surface area (Å²) in [7, 11) is 0. The number of aliphatic hydroxyl groups is 2. The van der Waals surface area contributed by atoms with Crippen molar-refractivity contribution in [3.05, 3.63) is 23.3 Å². The first-order valence-electron chi connectivity index (χ1n) is 7.60. The van der Waals surface area contributed by atoms with Crippen LogP contribution in [-0.4, -0.2) is 58.3 Å². The Balaban J connectivity index is 1.89. The van der Waals surface area contributed by atoms with E-state index in [-0.39, 0.29) is 29.6 Å². The highest BCUT2D eigenvalue weighted by Gasteiger charge is 2.46. The zero-order valence-electron chi connectivity index (χ0n) is 13.1. The Kier molecular flexibility index (Phi) is 3.37. The summed E-state index contributed by atoms with van der Waals surface area (Å²) < 4.78 is 15.5. The number of carbonyl (C=O) groups excluding carboxylic acids is 2. The number of fused-ring (bicyclic) bond motifs is 4. The molecule has 2 aliphatic heterocycles. The third-order valence-electron chi connectivity index (χ3n) is 4.47. The lowest BCUT2D eigenvalue weighted by molar-refractivity contribution is -0.153. The normalized spacial score (nSPS) is 29.2. The second-order valence-corrected chi connectivity index (χ2v) is 6.01. The molecular weight excluding hydrogens is 334 g/mol. The van der Waals surface area contributed by atoms with Gasteiger partial charge in [0.1, 0.15) is 18.3 Å². The largest absolute Gasteiger partial charge is 0.504 e. The van der Waals surface area contributed by atoms with E-state index in [0.717, 1.165) is 0 Å². The highest BCUT2D eigenvalue weighted by molar-refractivity contribution is 6.07. The fourth-order valence-electron chi connectivity index (χ4n) is 3.37. The van der Waals surface area contributed by atoms with Crippen LogP contribution in [0.5, 0.6) is 17.2 Å². The van der Waals surface area contributed by atoms with Gasteiger partial charge in [0.15, 0.2) is 11.5 Å². The minimum atomic E-state index is -1.40. The first-order valence-corrected chi connectivity index (χ1v) is 7.60. The van der Waals surface area contributed by atoms with Gasteiger partial charge < -0.3 is 34.8 Å². The predicted molar refractivity (Wildman–Crippen MR) is 81.0 cm³/mol. The highest BCUT2D eigenvalue weighted by Crippen LogP contribution is 2.48. The molecule has 0 spiro atoms. The van der Waals surface area contributed by atoms with Crippen LogP contribution >= 0.6 is 0 Å². The third kappa shape index (κ3) is 2.24. The number of benzene rings is 1. The van der Waals surface area contributed by atoms with Gasteiger partial charge in [0.25, 0.3) is 5.91 Å². The average molecular weight is 349 g/mol. The summed E-state index contributed by atoms with van der Waals surface area (Å²) in [5, 5.41) is 33.4. The lowest BCUT2D eigenvalue weighted by Gasteiger charge is -2.40. The van der Waals surface area contributed by atoms with E-state index in [2.05, 4.69) is 5.32 Å². The second kappa shape index (κ2) is 5.36. The van der Waals surface area contributed by atoms with E-state index in [9.17, 15) is 24.9 Å². The molecule has 2 heterocycles. The molecule has 0 saturated carbocycles. The molecule has 0 saturated heterocycles. The molecule has 132 valence electrons. The molecule has 0 unspecified atom stereocenters. The minimum Gasteiger partial charge on any atom is -0.504 e. The van der Waals surface area contributed by atoms with Crippen molar-refractivity contribution in [2.45, 2.75) is 31.3 Å². The molecule has 3 aliphatic rings. The number of esters is 1. The molecule has 4 N–H and O–H groups in total. The van der Waals surface area contributed by atoms with Gasteiger partial charge in [-0.1, -0.05) is 0 Å². The number of ether oxygens (including phenoxy) is 3. The summed E-state index contributed by atoms with van der Waals surface area (Å²) in [6.07, 6.45) is -2.44. The molecular formula is C16H15NO8. The summed E-state index contributed by atoms with van der Waals surface area (Å²) in [6, 6.07) is 0.603. The molecule has 4 atom stereocenters. The summed E-state index contributed by atoms with van der Waals surface area (Å²) >= 11 is 0. The van der Waals surface area contributed by atoms with Crippen LogP contribution in [0, 0.1) is 0 Å². The van der Waals surface area contributed by atoms with Crippen molar-refractivity contribution in [2.75, 3.05) is 6.79 Å². The third-order valence-corrected chi connectivity index (χ3v) is 4.47. The maximum Gasteiger partial charge on any atom is 0.303 e. The number of phenols is 1. The number of amides is 1. The SMILES string of the molecule is CC(=O)O[C@H]1C=C2c3cc4c(c(O)c3C(=O)N[C@H]2[C@H](O)[C@@H]1O)OCO4. The van der Waals surface area contributed by atoms with Crippen LogP contribution in [0.3, 0.4) is 0 Å². The molecule has 0 fully saturated rings. The Labute approximate surface area is 141 Å². The Bertz CT molecular complexity index is 817. The Morgan fingerprint density at radius 2 is 2.08 bits per heavy atom.